The molecule has 0 aliphatic heterocycles. The van der Waals surface area contributed by atoms with E-state index in [1.165, 1.54) is 0 Å². The molecule has 0 bridgehead atoms. The van der Waals surface area contributed by atoms with Crippen LogP contribution in [0, 0.1) is 0 Å². The van der Waals surface area contributed by atoms with Gasteiger partial charge in [-0.25, -0.2) is 9.78 Å². The number of hydrogen-bond acceptors (Lipinski definition) is 4. The van der Waals surface area contributed by atoms with E-state index in [2.05, 4.69) is 10.1 Å². The number of carboxylic acids is 1. The molecule has 0 radical (unpaired) electrons. The van der Waals surface area contributed by atoms with Crippen molar-refractivity contribution >= 4 is 29.2 Å². The maximum absolute atomic E-state index is 13.6. The standard InChI is InChI=1S/C14H7ClF8N4O3/c1-27-7(10(28)25-4-2-5(11(29)30)9(15)24-3-4)6(13(18,19)20)8(26-27)12(16,17)14(21,22)23/h2-3H,1H3,(H,25,28)(H,29,30). The molecular weight excluding hydrogens is 460 g/mol. The summed E-state index contributed by atoms with van der Waals surface area (Å²) < 4.78 is 105. The van der Waals surface area contributed by atoms with E-state index in [0.717, 1.165) is 6.20 Å². The molecule has 7 nitrogen and oxygen atoms in total. The van der Waals surface area contributed by atoms with E-state index in [1.54, 1.807) is 5.32 Å². The second-order valence-electron chi connectivity index (χ2n) is 5.59. The molecule has 1 amide bonds. The maximum Gasteiger partial charge on any atom is 0.459 e. The Kier molecular flexibility index (Phi) is 5.73. The van der Waals surface area contributed by atoms with Gasteiger partial charge in [-0.3, -0.25) is 9.48 Å². The third-order valence-corrected chi connectivity index (χ3v) is 3.83. The predicted octanol–water partition coefficient (Wildman–Crippen LogP) is 4.09. The molecule has 0 unspecified atom stereocenters. The fraction of sp³-hybridized carbons (Fsp3) is 0.286. The van der Waals surface area contributed by atoms with Gasteiger partial charge in [0, 0.05) is 7.05 Å². The Balaban J connectivity index is 2.61. The smallest absolute Gasteiger partial charge is 0.459 e. The lowest BCUT2D eigenvalue weighted by molar-refractivity contribution is -0.292. The molecule has 0 aromatic carbocycles. The lowest BCUT2D eigenvalue weighted by Crippen LogP contribution is -2.36. The molecule has 164 valence electrons. The van der Waals surface area contributed by atoms with E-state index in [9.17, 15) is 44.7 Å². The molecular formula is C14H7ClF8N4O3. The summed E-state index contributed by atoms with van der Waals surface area (Å²) >= 11 is 5.49. The molecule has 2 aromatic rings. The third kappa shape index (κ3) is 4.15. The van der Waals surface area contributed by atoms with Gasteiger partial charge < -0.3 is 10.4 Å². The molecule has 0 saturated heterocycles. The number of rotatable bonds is 4. The number of carboxylic acid groups (broad SMARTS) is 1. The summed E-state index contributed by atoms with van der Waals surface area (Å²) in [4.78, 5) is 26.6. The van der Waals surface area contributed by atoms with Crippen molar-refractivity contribution in [1.29, 1.82) is 0 Å². The van der Waals surface area contributed by atoms with Gasteiger partial charge in [0.15, 0.2) is 5.69 Å². The molecule has 0 atom stereocenters. The Hall–Kier alpha value is -2.97. The first-order valence-electron chi connectivity index (χ1n) is 7.27. The first kappa shape index (κ1) is 23.3. The number of hydrogen-bond donors (Lipinski definition) is 2. The second-order valence-corrected chi connectivity index (χ2v) is 5.95. The van der Waals surface area contributed by atoms with E-state index in [-0.39, 0.29) is 4.68 Å². The summed E-state index contributed by atoms with van der Waals surface area (Å²) in [6.07, 6.45) is -11.5. The lowest BCUT2D eigenvalue weighted by atomic mass is 10.1. The van der Waals surface area contributed by atoms with Crippen LogP contribution in [-0.4, -0.2) is 37.9 Å². The van der Waals surface area contributed by atoms with Crippen molar-refractivity contribution < 1.29 is 49.8 Å². The van der Waals surface area contributed by atoms with E-state index in [0.29, 0.717) is 13.1 Å². The first-order chi connectivity index (χ1) is 13.5. The van der Waals surface area contributed by atoms with Crippen LogP contribution in [0.15, 0.2) is 12.3 Å². The van der Waals surface area contributed by atoms with Gasteiger partial charge in [-0.2, -0.15) is 40.2 Å². The highest BCUT2D eigenvalue weighted by Crippen LogP contribution is 2.48. The topological polar surface area (TPSA) is 97.1 Å². The number of alkyl halides is 8. The molecule has 16 heteroatoms. The molecule has 30 heavy (non-hydrogen) atoms. The zero-order valence-corrected chi connectivity index (χ0v) is 14.9. The third-order valence-electron chi connectivity index (χ3n) is 3.53. The van der Waals surface area contributed by atoms with Crippen molar-refractivity contribution in [2.75, 3.05) is 5.32 Å². The van der Waals surface area contributed by atoms with Crippen LogP contribution in [0.25, 0.3) is 0 Å². The molecule has 2 heterocycles. The van der Waals surface area contributed by atoms with E-state index in [4.69, 9.17) is 16.7 Å². The minimum absolute atomic E-state index is 0.103. The number of halogens is 9. The average molecular weight is 467 g/mol. The number of amides is 1. The second kappa shape index (κ2) is 7.37. The van der Waals surface area contributed by atoms with Gasteiger partial charge in [0.1, 0.15) is 16.4 Å². The Morgan fingerprint density at radius 3 is 2.17 bits per heavy atom. The SMILES string of the molecule is Cn1nc(C(F)(F)C(F)(F)F)c(C(F)(F)F)c1C(=O)Nc1cnc(Cl)c(C(=O)O)c1. The van der Waals surface area contributed by atoms with E-state index in [1.807, 2.05) is 0 Å². The molecule has 2 aromatic heterocycles. The Labute approximate surface area is 165 Å². The van der Waals surface area contributed by atoms with Crippen LogP contribution in [0.3, 0.4) is 0 Å². The van der Waals surface area contributed by atoms with E-state index < -0.39 is 63.5 Å². The van der Waals surface area contributed by atoms with Crippen molar-refractivity contribution in [2.24, 2.45) is 7.05 Å². The fourth-order valence-electron chi connectivity index (χ4n) is 2.26. The number of aromatic nitrogens is 3. The van der Waals surface area contributed by atoms with Gasteiger partial charge in [-0.15, -0.1) is 0 Å². The van der Waals surface area contributed by atoms with Crippen LogP contribution < -0.4 is 5.32 Å². The summed E-state index contributed by atoms with van der Waals surface area (Å²) in [5.41, 5.74) is -8.19. The molecule has 2 N–H and O–H groups in total. The zero-order chi connectivity index (χ0) is 23.2. The molecule has 0 saturated carbocycles. The monoisotopic (exact) mass is 466 g/mol. The first-order valence-corrected chi connectivity index (χ1v) is 7.65. The number of carbonyl (C=O) groups excluding carboxylic acids is 1. The van der Waals surface area contributed by atoms with Crippen molar-refractivity contribution in [2.45, 2.75) is 18.3 Å². The minimum Gasteiger partial charge on any atom is -0.478 e. The number of carbonyl (C=O) groups is 2. The lowest BCUT2D eigenvalue weighted by Gasteiger charge is -2.19. The fourth-order valence-corrected chi connectivity index (χ4v) is 2.45. The molecule has 2 rings (SSSR count). The van der Waals surface area contributed by atoms with Gasteiger partial charge in [-0.05, 0) is 6.07 Å². The van der Waals surface area contributed by atoms with Crippen LogP contribution in [-0.2, 0) is 19.1 Å². The van der Waals surface area contributed by atoms with Gasteiger partial charge in [0.25, 0.3) is 5.91 Å². The Morgan fingerprint density at radius 1 is 1.13 bits per heavy atom. The van der Waals surface area contributed by atoms with Gasteiger partial charge in [0.2, 0.25) is 0 Å². The number of nitrogens with one attached hydrogen (secondary N) is 1. The van der Waals surface area contributed by atoms with Crippen LogP contribution in [0.2, 0.25) is 5.15 Å². The van der Waals surface area contributed by atoms with Crippen LogP contribution >= 0.6 is 11.6 Å². The van der Waals surface area contributed by atoms with Crippen LogP contribution in [0.5, 0.6) is 0 Å². The van der Waals surface area contributed by atoms with Crippen molar-refractivity contribution in [3.8, 4) is 0 Å². The maximum atomic E-state index is 13.6. The summed E-state index contributed by atoms with van der Waals surface area (Å²) in [5, 5.41) is 12.7. The quantitative estimate of drug-likeness (QED) is 0.522. The van der Waals surface area contributed by atoms with Crippen molar-refractivity contribution in [3.05, 3.63) is 39.9 Å². The van der Waals surface area contributed by atoms with Crippen molar-refractivity contribution in [3.63, 3.8) is 0 Å². The average Bonchev–Trinajstić information content (AvgIpc) is 2.93. The number of aryl methyl sites for hydroxylation is 1. The summed E-state index contributed by atoms with van der Waals surface area (Å²) in [7, 11) is 0.545. The van der Waals surface area contributed by atoms with Gasteiger partial charge in [-0.1, -0.05) is 11.6 Å². The highest BCUT2D eigenvalue weighted by molar-refractivity contribution is 6.32. The number of anilines is 1. The largest absolute Gasteiger partial charge is 0.478 e. The highest BCUT2D eigenvalue weighted by Gasteiger charge is 2.64. The summed E-state index contributed by atoms with van der Waals surface area (Å²) in [6, 6.07) is 0.685. The number of pyridine rings is 1. The summed E-state index contributed by atoms with van der Waals surface area (Å²) in [6.45, 7) is 0. The van der Waals surface area contributed by atoms with Crippen molar-refractivity contribution in [1.82, 2.24) is 14.8 Å². The van der Waals surface area contributed by atoms with E-state index >= 15 is 0 Å². The Morgan fingerprint density at radius 2 is 1.70 bits per heavy atom. The normalized spacial score (nSPS) is 12.7. The summed E-state index contributed by atoms with van der Waals surface area (Å²) in [5.74, 6) is -9.44. The number of aromatic carboxylic acids is 1. The predicted molar refractivity (Wildman–Crippen MR) is 82.3 cm³/mol. The van der Waals surface area contributed by atoms with Crippen LogP contribution in [0.1, 0.15) is 32.1 Å². The minimum atomic E-state index is -6.43. The van der Waals surface area contributed by atoms with Gasteiger partial charge >= 0.3 is 24.2 Å². The molecule has 0 aliphatic carbocycles. The molecule has 0 fully saturated rings. The zero-order valence-electron chi connectivity index (χ0n) is 14.2. The molecule has 0 spiro atoms. The van der Waals surface area contributed by atoms with Gasteiger partial charge in [0.05, 0.1) is 17.4 Å². The Bertz CT molecular complexity index is 1020. The highest BCUT2D eigenvalue weighted by atomic mass is 35.5. The van der Waals surface area contributed by atoms with Crippen LogP contribution in [0.4, 0.5) is 40.8 Å². The number of nitrogens with zero attached hydrogens (tertiary/aromatic N) is 3. The molecule has 0 aliphatic rings.